The molecule has 0 heterocycles. The van der Waals surface area contributed by atoms with Crippen LogP contribution in [0.3, 0.4) is 0 Å². The molecule has 2 rings (SSSR count). The predicted molar refractivity (Wildman–Crippen MR) is 85.6 cm³/mol. The van der Waals surface area contributed by atoms with E-state index in [-0.39, 0.29) is 11.9 Å². The van der Waals surface area contributed by atoms with Gasteiger partial charge < -0.3 is 10.6 Å². The SMILES string of the molecule is CC(C)N(CC1CC1)C(=O)Cc1ccc(C(N)=S)cc1. The van der Waals surface area contributed by atoms with Crippen molar-refractivity contribution in [3.8, 4) is 0 Å². The number of nitrogens with zero attached hydrogens (tertiary/aromatic N) is 1. The van der Waals surface area contributed by atoms with Crippen molar-refractivity contribution in [1.82, 2.24) is 4.90 Å². The molecule has 1 aliphatic rings. The van der Waals surface area contributed by atoms with Gasteiger partial charge >= 0.3 is 0 Å². The Morgan fingerprint density at radius 2 is 1.95 bits per heavy atom. The number of hydrogen-bond acceptors (Lipinski definition) is 2. The number of benzene rings is 1. The van der Waals surface area contributed by atoms with Gasteiger partial charge in [0.2, 0.25) is 5.91 Å². The van der Waals surface area contributed by atoms with Crippen molar-refractivity contribution in [1.29, 1.82) is 0 Å². The largest absolute Gasteiger partial charge is 0.389 e. The quantitative estimate of drug-likeness (QED) is 0.819. The van der Waals surface area contributed by atoms with E-state index in [1.165, 1.54) is 12.8 Å². The van der Waals surface area contributed by atoms with Crippen LogP contribution in [0.4, 0.5) is 0 Å². The Hall–Kier alpha value is -1.42. The van der Waals surface area contributed by atoms with Crippen LogP contribution in [0.15, 0.2) is 24.3 Å². The van der Waals surface area contributed by atoms with Gasteiger partial charge in [0.25, 0.3) is 0 Å². The fourth-order valence-corrected chi connectivity index (χ4v) is 2.38. The second kappa shape index (κ2) is 6.35. The molecule has 0 bridgehead atoms. The first-order chi connectivity index (χ1) is 9.47. The Labute approximate surface area is 126 Å². The molecule has 0 unspecified atom stereocenters. The summed E-state index contributed by atoms with van der Waals surface area (Å²) in [6.45, 7) is 5.06. The molecule has 1 saturated carbocycles. The molecule has 3 nitrogen and oxygen atoms in total. The second-order valence-electron chi connectivity index (χ2n) is 5.82. The number of rotatable bonds is 6. The van der Waals surface area contributed by atoms with Crippen LogP contribution in [0, 0.1) is 5.92 Å². The highest BCUT2D eigenvalue weighted by Gasteiger charge is 2.28. The molecule has 1 aliphatic carbocycles. The number of nitrogens with two attached hydrogens (primary N) is 1. The molecule has 0 radical (unpaired) electrons. The summed E-state index contributed by atoms with van der Waals surface area (Å²) in [4.78, 5) is 14.8. The maximum Gasteiger partial charge on any atom is 0.227 e. The van der Waals surface area contributed by atoms with Gasteiger partial charge in [-0.15, -0.1) is 0 Å². The van der Waals surface area contributed by atoms with Gasteiger partial charge in [-0.2, -0.15) is 0 Å². The van der Waals surface area contributed by atoms with E-state index in [0.717, 1.165) is 23.6 Å². The van der Waals surface area contributed by atoms with Gasteiger partial charge in [-0.05, 0) is 38.2 Å². The van der Waals surface area contributed by atoms with Crippen LogP contribution in [0.5, 0.6) is 0 Å². The number of carbonyl (C=O) groups is 1. The summed E-state index contributed by atoms with van der Waals surface area (Å²) in [7, 11) is 0. The molecule has 1 aromatic rings. The Morgan fingerprint density at radius 3 is 2.40 bits per heavy atom. The van der Waals surface area contributed by atoms with Crippen molar-refractivity contribution in [3.63, 3.8) is 0 Å². The first-order valence-electron chi connectivity index (χ1n) is 7.15. The molecule has 4 heteroatoms. The van der Waals surface area contributed by atoms with Gasteiger partial charge in [0.1, 0.15) is 4.99 Å². The Bertz CT molecular complexity index is 492. The zero-order valence-corrected chi connectivity index (χ0v) is 13.0. The summed E-state index contributed by atoms with van der Waals surface area (Å²) in [6.07, 6.45) is 2.97. The molecule has 0 spiro atoms. The molecule has 0 saturated heterocycles. The van der Waals surface area contributed by atoms with Gasteiger partial charge in [-0.3, -0.25) is 4.79 Å². The minimum atomic E-state index is 0.204. The highest BCUT2D eigenvalue weighted by atomic mass is 32.1. The van der Waals surface area contributed by atoms with Gasteiger partial charge in [-0.25, -0.2) is 0 Å². The van der Waals surface area contributed by atoms with Crippen molar-refractivity contribution < 1.29 is 4.79 Å². The van der Waals surface area contributed by atoms with Crippen LogP contribution in [0.1, 0.15) is 37.8 Å². The van der Waals surface area contributed by atoms with Gasteiger partial charge in [0, 0.05) is 18.2 Å². The molecule has 2 N–H and O–H groups in total. The standard InChI is InChI=1S/C16H22N2OS/c1-11(2)18(10-13-3-4-13)15(19)9-12-5-7-14(8-6-12)16(17)20/h5-8,11,13H,3-4,9-10H2,1-2H3,(H2,17,20). The van der Waals surface area contributed by atoms with Crippen molar-refractivity contribution in [2.24, 2.45) is 11.7 Å². The van der Waals surface area contributed by atoms with E-state index in [2.05, 4.69) is 13.8 Å². The lowest BCUT2D eigenvalue weighted by Gasteiger charge is -2.27. The minimum absolute atomic E-state index is 0.204. The summed E-state index contributed by atoms with van der Waals surface area (Å²) in [5, 5.41) is 0. The summed E-state index contributed by atoms with van der Waals surface area (Å²) < 4.78 is 0. The van der Waals surface area contributed by atoms with Crippen LogP contribution in [-0.4, -0.2) is 28.4 Å². The second-order valence-corrected chi connectivity index (χ2v) is 6.26. The fourth-order valence-electron chi connectivity index (χ4n) is 2.24. The summed E-state index contributed by atoms with van der Waals surface area (Å²) in [6, 6.07) is 7.89. The fraction of sp³-hybridized carbons (Fsp3) is 0.500. The van der Waals surface area contributed by atoms with Gasteiger partial charge in [-0.1, -0.05) is 36.5 Å². The third kappa shape index (κ3) is 4.04. The van der Waals surface area contributed by atoms with Crippen molar-refractivity contribution in [3.05, 3.63) is 35.4 Å². The normalized spacial score (nSPS) is 14.3. The molecule has 1 fully saturated rings. The highest BCUT2D eigenvalue weighted by Crippen LogP contribution is 2.30. The molecular formula is C16H22N2OS. The average Bonchev–Trinajstić information content (AvgIpc) is 3.20. The van der Waals surface area contributed by atoms with E-state index in [0.29, 0.717) is 11.4 Å². The number of thiocarbonyl (C=S) groups is 1. The van der Waals surface area contributed by atoms with E-state index in [9.17, 15) is 4.79 Å². The molecule has 108 valence electrons. The van der Waals surface area contributed by atoms with Gasteiger partial charge in [0.15, 0.2) is 0 Å². The molecule has 0 aromatic heterocycles. The first-order valence-corrected chi connectivity index (χ1v) is 7.56. The predicted octanol–water partition coefficient (Wildman–Crippen LogP) is 2.51. The topological polar surface area (TPSA) is 46.3 Å². The van der Waals surface area contributed by atoms with Crippen molar-refractivity contribution in [2.75, 3.05) is 6.54 Å². The van der Waals surface area contributed by atoms with Crippen LogP contribution in [0.25, 0.3) is 0 Å². The van der Waals surface area contributed by atoms with Crippen LogP contribution in [-0.2, 0) is 11.2 Å². The molecule has 0 atom stereocenters. The van der Waals surface area contributed by atoms with Crippen molar-refractivity contribution >= 4 is 23.1 Å². The zero-order valence-electron chi connectivity index (χ0n) is 12.1. The van der Waals surface area contributed by atoms with E-state index in [4.69, 9.17) is 18.0 Å². The van der Waals surface area contributed by atoms with Crippen molar-refractivity contribution in [2.45, 2.75) is 39.2 Å². The van der Waals surface area contributed by atoms with E-state index in [1.807, 2.05) is 29.2 Å². The lowest BCUT2D eigenvalue weighted by molar-refractivity contribution is -0.132. The van der Waals surface area contributed by atoms with E-state index >= 15 is 0 Å². The van der Waals surface area contributed by atoms with Crippen LogP contribution < -0.4 is 5.73 Å². The highest BCUT2D eigenvalue weighted by molar-refractivity contribution is 7.80. The third-order valence-corrected chi connectivity index (χ3v) is 3.93. The summed E-state index contributed by atoms with van der Waals surface area (Å²) in [5.74, 6) is 0.924. The molecule has 20 heavy (non-hydrogen) atoms. The van der Waals surface area contributed by atoms with Gasteiger partial charge in [0.05, 0.1) is 6.42 Å². The number of amides is 1. The summed E-state index contributed by atoms with van der Waals surface area (Å²) in [5.41, 5.74) is 7.42. The first kappa shape index (κ1) is 15.0. The summed E-state index contributed by atoms with van der Waals surface area (Å²) >= 11 is 4.93. The molecule has 1 aromatic carbocycles. The third-order valence-electron chi connectivity index (χ3n) is 3.69. The average molecular weight is 290 g/mol. The lowest BCUT2D eigenvalue weighted by Crippen LogP contribution is -2.39. The van der Waals surface area contributed by atoms with E-state index in [1.54, 1.807) is 0 Å². The Morgan fingerprint density at radius 1 is 1.35 bits per heavy atom. The maximum absolute atomic E-state index is 12.4. The minimum Gasteiger partial charge on any atom is -0.389 e. The monoisotopic (exact) mass is 290 g/mol. The van der Waals surface area contributed by atoms with Crippen LogP contribution >= 0.6 is 12.2 Å². The number of carbonyl (C=O) groups excluding carboxylic acids is 1. The molecular weight excluding hydrogens is 268 g/mol. The van der Waals surface area contributed by atoms with Crippen LogP contribution in [0.2, 0.25) is 0 Å². The number of hydrogen-bond donors (Lipinski definition) is 1. The maximum atomic E-state index is 12.4. The Balaban J connectivity index is 1.99. The Kier molecular flexibility index (Phi) is 4.76. The smallest absolute Gasteiger partial charge is 0.227 e. The zero-order chi connectivity index (χ0) is 14.7. The molecule has 0 aliphatic heterocycles. The molecule has 1 amide bonds. The van der Waals surface area contributed by atoms with E-state index < -0.39 is 0 Å². The lowest BCUT2D eigenvalue weighted by atomic mass is 10.1.